The van der Waals surface area contributed by atoms with Gasteiger partial charge in [0.1, 0.15) is 0 Å². The average molecular weight is 124 g/mol. The number of aliphatic imine (C=N–C) groups is 1. The van der Waals surface area contributed by atoms with Gasteiger partial charge in [-0.15, -0.1) is 0 Å². The third kappa shape index (κ3) is 4.81. The summed E-state index contributed by atoms with van der Waals surface area (Å²) in [6.45, 7) is 5.54. The molecule has 0 aromatic heterocycles. The van der Waals surface area contributed by atoms with Crippen molar-refractivity contribution in [2.24, 2.45) is 4.99 Å². The molecule has 2 nitrogen and oxygen atoms in total. The highest BCUT2D eigenvalue weighted by molar-refractivity contribution is 5.54. The highest BCUT2D eigenvalue weighted by Gasteiger charge is 1.74. The van der Waals surface area contributed by atoms with Gasteiger partial charge in [0, 0.05) is 25.2 Å². The lowest BCUT2D eigenvalue weighted by Crippen LogP contribution is -1.99. The van der Waals surface area contributed by atoms with Crippen molar-refractivity contribution >= 4 is 6.21 Å². The second-order valence-electron chi connectivity index (χ2n) is 1.50. The minimum Gasteiger partial charge on any atom is -0.389 e. The van der Waals surface area contributed by atoms with Crippen molar-refractivity contribution in [2.75, 3.05) is 7.05 Å². The van der Waals surface area contributed by atoms with Crippen LogP contribution >= 0.6 is 0 Å². The van der Waals surface area contributed by atoms with Crippen LogP contribution in [0.1, 0.15) is 6.92 Å². The number of nitrogens with one attached hydrogen (secondary N) is 1. The Morgan fingerprint density at radius 2 is 2.33 bits per heavy atom. The van der Waals surface area contributed by atoms with Gasteiger partial charge < -0.3 is 5.32 Å². The van der Waals surface area contributed by atoms with Crippen LogP contribution < -0.4 is 5.32 Å². The number of allylic oxidation sites excluding steroid dienone is 1. The van der Waals surface area contributed by atoms with Gasteiger partial charge in [0.05, 0.1) is 0 Å². The molecular weight excluding hydrogens is 112 g/mol. The lowest BCUT2D eigenvalue weighted by Gasteiger charge is -1.92. The Kier molecular flexibility index (Phi) is 4.50. The van der Waals surface area contributed by atoms with Gasteiger partial charge in [-0.05, 0) is 13.0 Å². The van der Waals surface area contributed by atoms with Gasteiger partial charge in [-0.3, -0.25) is 4.99 Å². The molecule has 9 heavy (non-hydrogen) atoms. The molecule has 0 fully saturated rings. The monoisotopic (exact) mass is 124 g/mol. The molecule has 50 valence electrons. The van der Waals surface area contributed by atoms with Crippen molar-refractivity contribution in [1.29, 1.82) is 0 Å². The minimum atomic E-state index is 0.862. The summed E-state index contributed by atoms with van der Waals surface area (Å²) in [5, 5.41) is 2.87. The molecule has 0 bridgehead atoms. The lowest BCUT2D eigenvalue weighted by atomic mass is 10.5. The Morgan fingerprint density at radius 3 is 2.78 bits per heavy atom. The highest BCUT2D eigenvalue weighted by atomic mass is 14.8. The Morgan fingerprint density at radius 1 is 1.67 bits per heavy atom. The van der Waals surface area contributed by atoms with Crippen LogP contribution in [0.3, 0.4) is 0 Å². The van der Waals surface area contributed by atoms with E-state index in [2.05, 4.69) is 16.9 Å². The molecule has 2 heteroatoms. The number of rotatable bonds is 3. The Balaban J connectivity index is 3.57. The van der Waals surface area contributed by atoms with Gasteiger partial charge >= 0.3 is 0 Å². The summed E-state index contributed by atoms with van der Waals surface area (Å²) in [7, 11) is 1.82. The first kappa shape index (κ1) is 7.95. The van der Waals surface area contributed by atoms with E-state index in [0.29, 0.717) is 0 Å². The fraction of sp³-hybridized carbons (Fsp3) is 0.286. The largest absolute Gasteiger partial charge is 0.389 e. The quantitative estimate of drug-likeness (QED) is 0.445. The maximum absolute atomic E-state index is 3.85. The molecule has 0 saturated carbocycles. The molecule has 0 heterocycles. The van der Waals surface area contributed by atoms with Crippen LogP contribution in [0.15, 0.2) is 29.5 Å². The van der Waals surface area contributed by atoms with Gasteiger partial charge in [0.2, 0.25) is 0 Å². The molecule has 1 N–H and O–H groups in total. The molecule has 0 aromatic rings. The summed E-state index contributed by atoms with van der Waals surface area (Å²) in [6.07, 6.45) is 5.22. The van der Waals surface area contributed by atoms with Crippen LogP contribution in [0.5, 0.6) is 0 Å². The highest BCUT2D eigenvalue weighted by Crippen LogP contribution is 1.83. The van der Waals surface area contributed by atoms with Gasteiger partial charge in [-0.1, -0.05) is 6.58 Å². The maximum atomic E-state index is 3.85. The van der Waals surface area contributed by atoms with Crippen molar-refractivity contribution in [2.45, 2.75) is 6.92 Å². The summed E-state index contributed by atoms with van der Waals surface area (Å²) < 4.78 is 0. The first-order chi connectivity index (χ1) is 4.31. The van der Waals surface area contributed by atoms with Crippen molar-refractivity contribution < 1.29 is 0 Å². The van der Waals surface area contributed by atoms with Gasteiger partial charge in [0.25, 0.3) is 0 Å². The Hall–Kier alpha value is -1.05. The second kappa shape index (κ2) is 5.09. The van der Waals surface area contributed by atoms with E-state index >= 15 is 0 Å². The number of likely N-dealkylation sites (N-methyl/N-ethyl adjacent to an activating group) is 1. The molecule has 0 atom stereocenters. The summed E-state index contributed by atoms with van der Waals surface area (Å²) >= 11 is 0. The average Bonchev–Trinajstić information content (AvgIpc) is 1.89. The molecule has 0 aliphatic heterocycles. The van der Waals surface area contributed by atoms with Crippen LogP contribution in [0.2, 0.25) is 0 Å². The lowest BCUT2D eigenvalue weighted by molar-refractivity contribution is 1.04. The SMILES string of the molecule is C=C(/C=C\N=C/C)NC. The number of hydrogen-bond acceptors (Lipinski definition) is 2. The molecule has 0 amide bonds. The van der Waals surface area contributed by atoms with Crippen molar-refractivity contribution in [3.8, 4) is 0 Å². The molecule has 0 saturated heterocycles. The zero-order chi connectivity index (χ0) is 7.11. The smallest absolute Gasteiger partial charge is 0.0284 e. The molecule has 0 aliphatic rings. The van der Waals surface area contributed by atoms with E-state index in [-0.39, 0.29) is 0 Å². The van der Waals surface area contributed by atoms with E-state index in [4.69, 9.17) is 0 Å². The van der Waals surface area contributed by atoms with Crippen LogP contribution in [0.4, 0.5) is 0 Å². The van der Waals surface area contributed by atoms with Crippen LogP contribution in [-0.2, 0) is 0 Å². The zero-order valence-electron chi connectivity index (χ0n) is 5.89. The predicted molar refractivity (Wildman–Crippen MR) is 41.5 cm³/mol. The van der Waals surface area contributed by atoms with E-state index in [0.717, 1.165) is 5.70 Å². The van der Waals surface area contributed by atoms with Crippen LogP contribution in [0, 0.1) is 0 Å². The molecule has 0 aromatic carbocycles. The second-order valence-corrected chi connectivity index (χ2v) is 1.50. The van der Waals surface area contributed by atoms with Crippen molar-refractivity contribution in [3.05, 3.63) is 24.6 Å². The Labute approximate surface area is 56.0 Å². The van der Waals surface area contributed by atoms with Gasteiger partial charge in [-0.2, -0.15) is 0 Å². The third-order valence-corrected chi connectivity index (χ3v) is 0.832. The Bertz CT molecular complexity index is 134. The van der Waals surface area contributed by atoms with E-state index < -0.39 is 0 Å². The summed E-state index contributed by atoms with van der Waals surface area (Å²) in [6, 6.07) is 0. The first-order valence-electron chi connectivity index (χ1n) is 2.82. The zero-order valence-corrected chi connectivity index (χ0v) is 5.89. The maximum Gasteiger partial charge on any atom is 0.0284 e. The van der Waals surface area contributed by atoms with E-state index in [1.165, 1.54) is 0 Å². The molecule has 0 rings (SSSR count). The molecule has 0 radical (unpaired) electrons. The van der Waals surface area contributed by atoms with E-state index in [1.807, 2.05) is 14.0 Å². The van der Waals surface area contributed by atoms with Gasteiger partial charge in [0.15, 0.2) is 0 Å². The normalized spacial score (nSPS) is 10.9. The number of nitrogens with zero attached hydrogens (tertiary/aromatic N) is 1. The van der Waals surface area contributed by atoms with Crippen molar-refractivity contribution in [1.82, 2.24) is 5.32 Å². The number of hydrogen-bond donors (Lipinski definition) is 1. The summed E-state index contributed by atoms with van der Waals surface area (Å²) in [5.74, 6) is 0. The first-order valence-corrected chi connectivity index (χ1v) is 2.82. The van der Waals surface area contributed by atoms with E-state index in [1.54, 1.807) is 18.5 Å². The van der Waals surface area contributed by atoms with Crippen molar-refractivity contribution in [3.63, 3.8) is 0 Å². The molecule has 0 aliphatic carbocycles. The fourth-order valence-electron chi connectivity index (χ4n) is 0.302. The molecular formula is C7H12N2. The topological polar surface area (TPSA) is 24.4 Å². The minimum absolute atomic E-state index is 0.862. The fourth-order valence-corrected chi connectivity index (χ4v) is 0.302. The molecule has 0 unspecified atom stereocenters. The molecule has 0 spiro atoms. The predicted octanol–water partition coefficient (Wildman–Crippen LogP) is 1.32. The third-order valence-electron chi connectivity index (χ3n) is 0.832. The van der Waals surface area contributed by atoms with Crippen LogP contribution in [0.25, 0.3) is 0 Å². The van der Waals surface area contributed by atoms with Gasteiger partial charge in [-0.25, -0.2) is 0 Å². The summed E-state index contributed by atoms with van der Waals surface area (Å²) in [4.78, 5) is 3.85. The standard InChI is InChI=1S/C7H12N2/c1-4-9-6-5-7(2)8-3/h4-6,8H,2H2,1,3H3/b6-5-,9-4-. The summed E-state index contributed by atoms with van der Waals surface area (Å²) in [5.41, 5.74) is 0.862. The van der Waals surface area contributed by atoms with Crippen LogP contribution in [-0.4, -0.2) is 13.3 Å². The van der Waals surface area contributed by atoms with E-state index in [9.17, 15) is 0 Å².